The van der Waals surface area contributed by atoms with Crippen LogP contribution in [0.5, 0.6) is 11.5 Å². The first-order chi connectivity index (χ1) is 23.7. The molecule has 0 bridgehead atoms. The van der Waals surface area contributed by atoms with Gasteiger partial charge in [0.1, 0.15) is 0 Å². The van der Waals surface area contributed by atoms with E-state index in [1.807, 2.05) is 24.0 Å². The second-order valence-electron chi connectivity index (χ2n) is 14.6. The number of anilines is 2. The fourth-order valence-electron chi connectivity index (χ4n) is 7.72. The fourth-order valence-corrected chi connectivity index (χ4v) is 11.0. The number of hydrogen-bond donors (Lipinski definition) is 3. The van der Waals surface area contributed by atoms with Crippen LogP contribution in [0.25, 0.3) is 0 Å². The number of benzene rings is 2. The molecule has 2 aromatic carbocycles. The van der Waals surface area contributed by atoms with Crippen LogP contribution in [-0.4, -0.2) is 72.4 Å². The number of carbonyl (C=O) groups excluding carboxylic acids is 2. The lowest BCUT2D eigenvalue weighted by atomic mass is 9.76. The van der Waals surface area contributed by atoms with Gasteiger partial charge in [-0.05, 0) is 81.0 Å². The first kappa shape index (κ1) is 38.6. The summed E-state index contributed by atoms with van der Waals surface area (Å²) >= 11 is 0. The zero-order valence-electron chi connectivity index (χ0n) is 30.2. The lowest BCUT2D eigenvalue weighted by Crippen LogP contribution is -2.56. The zero-order valence-corrected chi connectivity index (χ0v) is 32.6. The zero-order chi connectivity index (χ0) is 36.3. The fraction of sp³-hybridized carbons (Fsp3) is 0.622. The van der Waals surface area contributed by atoms with Crippen LogP contribution in [-0.2, 0) is 27.8 Å². The van der Waals surface area contributed by atoms with Crippen LogP contribution in [0.4, 0.5) is 11.4 Å². The standard InChI is InChI=1S/C37H53N3O7S3/c1-7-37(26-11-9-10-12-26,39-34(41)33(50(43,44)45)16-18-48-49-36(3,4)5)17-15-24-13-14-30-25(19-24)20-27-23-38-29-22-32(47-8-2)31(46-6)21-28(29)35(42)40(27)30/h13-14,19,21-22,26-27,33,38H,7-12,15-18,20,23H2,1-6H3,(H,39,41)(H,43,44,45)/t27-,33?,37?/m0/s1. The molecule has 5 rings (SSSR count). The van der Waals surface area contributed by atoms with Crippen molar-refractivity contribution in [3.63, 3.8) is 0 Å². The normalized spacial score (nSPS) is 19.5. The molecule has 10 nitrogen and oxygen atoms in total. The minimum atomic E-state index is -4.59. The van der Waals surface area contributed by atoms with Crippen LogP contribution in [0.3, 0.4) is 0 Å². The summed E-state index contributed by atoms with van der Waals surface area (Å²) in [6, 6.07) is 9.82. The molecule has 1 saturated carbocycles. The highest BCUT2D eigenvalue weighted by Gasteiger charge is 2.43. The minimum Gasteiger partial charge on any atom is -0.493 e. The molecule has 3 atom stereocenters. The largest absolute Gasteiger partial charge is 0.493 e. The predicted octanol–water partition coefficient (Wildman–Crippen LogP) is 7.31. The molecular weight excluding hydrogens is 695 g/mol. The lowest BCUT2D eigenvalue weighted by Gasteiger charge is -2.40. The van der Waals surface area contributed by atoms with E-state index in [9.17, 15) is 22.6 Å². The Bertz CT molecular complexity index is 1660. The minimum absolute atomic E-state index is 0.00708. The first-order valence-electron chi connectivity index (χ1n) is 17.8. The molecule has 0 aromatic heterocycles. The SMILES string of the molecule is CCOc1cc2c(cc1OC)C(=O)N1c3ccc(CCC(CC)(NC(=O)C(CCSSC(C)(C)C)S(=O)(=O)O)C4CCCC4)cc3C[C@H]1CN2. The van der Waals surface area contributed by atoms with Crippen LogP contribution >= 0.6 is 21.6 Å². The summed E-state index contributed by atoms with van der Waals surface area (Å²) in [4.78, 5) is 29.6. The van der Waals surface area contributed by atoms with Crippen molar-refractivity contribution in [2.45, 2.75) is 114 Å². The molecule has 0 saturated heterocycles. The van der Waals surface area contributed by atoms with E-state index >= 15 is 0 Å². The van der Waals surface area contributed by atoms with E-state index < -0.39 is 26.8 Å². The van der Waals surface area contributed by atoms with Crippen molar-refractivity contribution >= 4 is 54.9 Å². The van der Waals surface area contributed by atoms with E-state index in [0.29, 0.717) is 61.7 Å². The predicted molar refractivity (Wildman–Crippen MR) is 205 cm³/mol. The van der Waals surface area contributed by atoms with Crippen molar-refractivity contribution in [1.29, 1.82) is 0 Å². The molecule has 2 aromatic rings. The number of ether oxygens (including phenoxy) is 2. The van der Waals surface area contributed by atoms with E-state index in [1.165, 1.54) is 10.8 Å². The van der Waals surface area contributed by atoms with Gasteiger partial charge in [0.25, 0.3) is 16.0 Å². The van der Waals surface area contributed by atoms with Gasteiger partial charge in [0, 0.05) is 34.3 Å². The topological polar surface area (TPSA) is 134 Å². The van der Waals surface area contributed by atoms with Gasteiger partial charge in [-0.15, -0.1) is 0 Å². The quantitative estimate of drug-likeness (QED) is 0.0968. The number of carbonyl (C=O) groups is 2. The Morgan fingerprint density at radius 1 is 1.14 bits per heavy atom. The number of amides is 2. The molecule has 1 aliphatic carbocycles. The second kappa shape index (κ2) is 16.0. The van der Waals surface area contributed by atoms with Crippen molar-refractivity contribution in [3.05, 3.63) is 47.0 Å². The van der Waals surface area contributed by atoms with Gasteiger partial charge in [-0.1, -0.05) is 74.3 Å². The van der Waals surface area contributed by atoms with E-state index in [4.69, 9.17) is 9.47 Å². The molecule has 2 unspecified atom stereocenters. The van der Waals surface area contributed by atoms with Gasteiger partial charge in [0.2, 0.25) is 5.91 Å². The maximum Gasteiger partial charge on any atom is 0.276 e. The maximum absolute atomic E-state index is 14.0. The number of aryl methyl sites for hydroxylation is 1. The molecule has 2 heterocycles. The summed E-state index contributed by atoms with van der Waals surface area (Å²) in [6.07, 6.45) is 6.84. The highest BCUT2D eigenvalue weighted by atomic mass is 33.1. The van der Waals surface area contributed by atoms with Gasteiger partial charge in [-0.3, -0.25) is 14.1 Å². The van der Waals surface area contributed by atoms with Crippen molar-refractivity contribution in [2.75, 3.05) is 36.2 Å². The maximum atomic E-state index is 14.0. The number of methoxy groups -OCH3 is 1. The van der Waals surface area contributed by atoms with Gasteiger partial charge in [-0.25, -0.2) is 0 Å². The molecule has 3 aliphatic rings. The van der Waals surface area contributed by atoms with Gasteiger partial charge in [0.05, 0.1) is 31.0 Å². The van der Waals surface area contributed by atoms with Crippen LogP contribution in [0, 0.1) is 5.92 Å². The smallest absolute Gasteiger partial charge is 0.276 e. The summed E-state index contributed by atoms with van der Waals surface area (Å²) in [5.41, 5.74) is 3.79. The molecule has 276 valence electrons. The average Bonchev–Trinajstić information content (AvgIpc) is 3.70. The molecule has 2 amide bonds. The molecule has 1 fully saturated rings. The Kier molecular flexibility index (Phi) is 12.3. The summed E-state index contributed by atoms with van der Waals surface area (Å²) in [5.74, 6) is 1.08. The molecule has 0 spiro atoms. The molecule has 50 heavy (non-hydrogen) atoms. The lowest BCUT2D eigenvalue weighted by molar-refractivity contribution is -0.123. The Hall–Kier alpha value is -2.61. The number of nitrogens with zero attached hydrogens (tertiary/aromatic N) is 1. The molecule has 13 heteroatoms. The van der Waals surface area contributed by atoms with Crippen molar-refractivity contribution in [2.24, 2.45) is 5.92 Å². The number of fused-ring (bicyclic) bond motifs is 4. The van der Waals surface area contributed by atoms with E-state index in [2.05, 4.69) is 50.5 Å². The molecular formula is C37H53N3O7S3. The first-order valence-corrected chi connectivity index (χ1v) is 21.6. The molecule has 2 aliphatic heterocycles. The number of nitrogens with one attached hydrogen (secondary N) is 2. The Morgan fingerprint density at radius 3 is 2.52 bits per heavy atom. The van der Waals surface area contributed by atoms with Gasteiger partial charge in [0.15, 0.2) is 16.7 Å². The van der Waals surface area contributed by atoms with Gasteiger partial charge >= 0.3 is 0 Å². The Morgan fingerprint density at radius 2 is 1.88 bits per heavy atom. The van der Waals surface area contributed by atoms with E-state index in [0.717, 1.165) is 48.2 Å². The highest BCUT2D eigenvalue weighted by molar-refractivity contribution is 8.77. The average molecular weight is 748 g/mol. The Labute approximate surface area is 305 Å². The van der Waals surface area contributed by atoms with E-state index in [-0.39, 0.29) is 29.0 Å². The van der Waals surface area contributed by atoms with Crippen LogP contribution in [0.15, 0.2) is 30.3 Å². The van der Waals surface area contributed by atoms with Crippen LogP contribution in [0.2, 0.25) is 0 Å². The third kappa shape index (κ3) is 8.70. The number of hydrogen-bond acceptors (Lipinski definition) is 9. The van der Waals surface area contributed by atoms with Crippen molar-refractivity contribution in [3.8, 4) is 11.5 Å². The number of rotatable bonds is 15. The van der Waals surface area contributed by atoms with Gasteiger partial charge in [-0.2, -0.15) is 8.42 Å². The third-order valence-electron chi connectivity index (χ3n) is 10.2. The van der Waals surface area contributed by atoms with Gasteiger partial charge < -0.3 is 25.0 Å². The van der Waals surface area contributed by atoms with Crippen LogP contribution < -0.4 is 25.0 Å². The summed E-state index contributed by atoms with van der Waals surface area (Å²) in [7, 11) is 0.133. The van der Waals surface area contributed by atoms with Crippen molar-refractivity contribution < 1.29 is 32.0 Å². The Balaban J connectivity index is 1.33. The molecule has 3 N–H and O–H groups in total. The monoisotopic (exact) mass is 747 g/mol. The highest BCUT2D eigenvalue weighted by Crippen LogP contribution is 2.43. The third-order valence-corrected chi connectivity index (χ3v) is 14.8. The summed E-state index contributed by atoms with van der Waals surface area (Å²) in [6.45, 7) is 11.3. The van der Waals surface area contributed by atoms with E-state index in [1.54, 1.807) is 24.0 Å². The van der Waals surface area contributed by atoms with Crippen LogP contribution in [0.1, 0.15) is 101 Å². The second-order valence-corrected chi connectivity index (χ2v) is 19.5. The molecule has 0 radical (unpaired) electrons. The van der Waals surface area contributed by atoms with Crippen molar-refractivity contribution in [1.82, 2.24) is 5.32 Å². The summed E-state index contributed by atoms with van der Waals surface area (Å²) < 4.78 is 46.4. The summed E-state index contributed by atoms with van der Waals surface area (Å²) in [5, 5.41) is 5.18.